The molecule has 1 aromatic carbocycles. The van der Waals surface area contributed by atoms with Gasteiger partial charge in [0.1, 0.15) is 0 Å². The summed E-state index contributed by atoms with van der Waals surface area (Å²) in [4.78, 5) is 18.4. The molecule has 23 heavy (non-hydrogen) atoms. The predicted molar refractivity (Wildman–Crippen MR) is 97.7 cm³/mol. The van der Waals surface area contributed by atoms with Gasteiger partial charge < -0.3 is 4.90 Å². The molecule has 0 saturated heterocycles. The van der Waals surface area contributed by atoms with E-state index in [1.165, 1.54) is 23.0 Å². The lowest BCUT2D eigenvalue weighted by Gasteiger charge is -2.05. The molecule has 0 aliphatic rings. The first-order chi connectivity index (χ1) is 10.9. The van der Waals surface area contributed by atoms with E-state index < -0.39 is 0 Å². The van der Waals surface area contributed by atoms with Gasteiger partial charge in [0.05, 0.1) is 5.69 Å². The van der Waals surface area contributed by atoms with Crippen LogP contribution in [0.2, 0.25) is 0 Å². The zero-order valence-corrected chi connectivity index (χ0v) is 14.9. The third-order valence-electron chi connectivity index (χ3n) is 3.29. The van der Waals surface area contributed by atoms with Crippen LogP contribution in [0.3, 0.4) is 0 Å². The molecule has 0 fully saturated rings. The molecule has 0 atom stereocenters. The standard InChI is InChI=1S/C18H23N3OS/c1-13(2)15-8-5-14(6-9-15)7-10-17(22)20-18-19-16(12-23-18)11-21(3)4/h5-10,12-13H,11H2,1-4H3,(H,19,20,22)/b10-7+. The van der Waals surface area contributed by atoms with Crippen LogP contribution >= 0.6 is 11.3 Å². The fourth-order valence-electron chi connectivity index (χ4n) is 2.07. The largest absolute Gasteiger partial charge is 0.304 e. The summed E-state index contributed by atoms with van der Waals surface area (Å²) < 4.78 is 0. The normalized spacial score (nSPS) is 11.6. The molecule has 0 aliphatic heterocycles. The molecule has 1 amide bonds. The third kappa shape index (κ3) is 5.62. The number of amides is 1. The summed E-state index contributed by atoms with van der Waals surface area (Å²) in [6.45, 7) is 5.10. The van der Waals surface area contributed by atoms with Gasteiger partial charge in [-0.3, -0.25) is 10.1 Å². The van der Waals surface area contributed by atoms with E-state index in [0.717, 1.165) is 17.8 Å². The Balaban J connectivity index is 1.92. The number of hydrogen-bond acceptors (Lipinski definition) is 4. The van der Waals surface area contributed by atoms with E-state index in [2.05, 4.69) is 36.3 Å². The van der Waals surface area contributed by atoms with E-state index in [9.17, 15) is 4.79 Å². The molecule has 2 rings (SSSR count). The van der Waals surface area contributed by atoms with Crippen molar-refractivity contribution in [2.45, 2.75) is 26.3 Å². The van der Waals surface area contributed by atoms with Gasteiger partial charge in [-0.2, -0.15) is 0 Å². The molecule has 1 heterocycles. The van der Waals surface area contributed by atoms with E-state index in [1.54, 1.807) is 0 Å². The van der Waals surface area contributed by atoms with Crippen LogP contribution in [0.4, 0.5) is 5.13 Å². The maximum atomic E-state index is 12.0. The number of thiazole rings is 1. The summed E-state index contributed by atoms with van der Waals surface area (Å²) >= 11 is 1.44. The van der Waals surface area contributed by atoms with Crippen LogP contribution in [0.1, 0.15) is 36.6 Å². The van der Waals surface area contributed by atoms with Crippen molar-refractivity contribution in [3.8, 4) is 0 Å². The first-order valence-electron chi connectivity index (χ1n) is 7.62. The maximum absolute atomic E-state index is 12.0. The van der Waals surface area contributed by atoms with E-state index in [1.807, 2.05) is 42.6 Å². The molecule has 0 bridgehead atoms. The van der Waals surface area contributed by atoms with E-state index in [-0.39, 0.29) is 5.91 Å². The summed E-state index contributed by atoms with van der Waals surface area (Å²) in [6.07, 6.45) is 3.35. The van der Waals surface area contributed by atoms with Crippen LogP contribution in [0, 0.1) is 0 Å². The summed E-state index contributed by atoms with van der Waals surface area (Å²) in [5.74, 6) is 0.348. The second-order valence-corrected chi connectivity index (χ2v) is 6.88. The number of aromatic nitrogens is 1. The molecule has 5 heteroatoms. The molecule has 2 aromatic rings. The van der Waals surface area contributed by atoms with Crippen molar-refractivity contribution in [1.82, 2.24) is 9.88 Å². The average Bonchev–Trinajstić information content (AvgIpc) is 2.91. The number of nitrogens with zero attached hydrogens (tertiary/aromatic N) is 2. The number of nitrogens with one attached hydrogen (secondary N) is 1. The molecule has 0 radical (unpaired) electrons. The minimum atomic E-state index is -0.163. The Kier molecular flexibility index (Phi) is 6.07. The van der Waals surface area contributed by atoms with E-state index >= 15 is 0 Å². The van der Waals surface area contributed by atoms with Crippen molar-refractivity contribution in [3.63, 3.8) is 0 Å². The number of carbonyl (C=O) groups excluding carboxylic acids is 1. The van der Waals surface area contributed by atoms with Crippen molar-refractivity contribution in [2.75, 3.05) is 19.4 Å². The van der Waals surface area contributed by atoms with Gasteiger partial charge >= 0.3 is 0 Å². The topological polar surface area (TPSA) is 45.2 Å². The highest BCUT2D eigenvalue weighted by Crippen LogP contribution is 2.17. The summed E-state index contributed by atoms with van der Waals surface area (Å²) in [6, 6.07) is 8.24. The van der Waals surface area contributed by atoms with Gasteiger partial charge in [-0.05, 0) is 37.2 Å². The van der Waals surface area contributed by atoms with Crippen molar-refractivity contribution in [3.05, 3.63) is 52.5 Å². The van der Waals surface area contributed by atoms with Crippen LogP contribution < -0.4 is 5.32 Å². The van der Waals surface area contributed by atoms with Gasteiger partial charge in [0.2, 0.25) is 5.91 Å². The molecule has 1 aromatic heterocycles. The molecule has 122 valence electrons. The highest BCUT2D eigenvalue weighted by molar-refractivity contribution is 7.13. The quantitative estimate of drug-likeness (QED) is 0.815. The molecule has 0 saturated carbocycles. The van der Waals surface area contributed by atoms with Gasteiger partial charge in [-0.1, -0.05) is 38.1 Å². The summed E-state index contributed by atoms with van der Waals surface area (Å²) in [5.41, 5.74) is 3.27. The first kappa shape index (κ1) is 17.4. The second kappa shape index (κ2) is 8.04. The van der Waals surface area contributed by atoms with Gasteiger partial charge in [-0.25, -0.2) is 4.98 Å². The molecule has 0 aliphatic carbocycles. The molecule has 4 nitrogen and oxygen atoms in total. The minimum Gasteiger partial charge on any atom is -0.304 e. The van der Waals surface area contributed by atoms with Crippen molar-refractivity contribution in [1.29, 1.82) is 0 Å². The summed E-state index contributed by atoms with van der Waals surface area (Å²) in [7, 11) is 3.98. The van der Waals surface area contributed by atoms with E-state index in [4.69, 9.17) is 0 Å². The Bertz CT molecular complexity index is 672. The zero-order valence-electron chi connectivity index (χ0n) is 14.0. The lowest BCUT2D eigenvalue weighted by Crippen LogP contribution is -2.11. The van der Waals surface area contributed by atoms with Crippen LogP contribution in [0.5, 0.6) is 0 Å². The van der Waals surface area contributed by atoms with Gasteiger partial charge in [0.15, 0.2) is 5.13 Å². The van der Waals surface area contributed by atoms with Gasteiger partial charge in [0, 0.05) is 18.0 Å². The Hall–Kier alpha value is -1.98. The third-order valence-corrected chi connectivity index (χ3v) is 4.10. The van der Waals surface area contributed by atoms with Crippen molar-refractivity contribution < 1.29 is 4.79 Å². The smallest absolute Gasteiger partial charge is 0.250 e. The highest BCUT2D eigenvalue weighted by Gasteiger charge is 2.05. The van der Waals surface area contributed by atoms with Crippen LogP contribution in [-0.2, 0) is 11.3 Å². The molecular formula is C18H23N3OS. The maximum Gasteiger partial charge on any atom is 0.250 e. The molecule has 1 N–H and O–H groups in total. The lowest BCUT2D eigenvalue weighted by atomic mass is 10.0. The Labute approximate surface area is 141 Å². The van der Waals surface area contributed by atoms with E-state index in [0.29, 0.717) is 11.0 Å². The molecule has 0 spiro atoms. The Morgan fingerprint density at radius 1 is 1.30 bits per heavy atom. The summed E-state index contributed by atoms with van der Waals surface area (Å²) in [5, 5.41) is 5.39. The first-order valence-corrected chi connectivity index (χ1v) is 8.50. The van der Waals surface area contributed by atoms with Crippen molar-refractivity contribution >= 4 is 28.5 Å². The Morgan fingerprint density at radius 3 is 2.61 bits per heavy atom. The van der Waals surface area contributed by atoms with Gasteiger partial charge in [0.25, 0.3) is 0 Å². The van der Waals surface area contributed by atoms with Crippen LogP contribution in [-0.4, -0.2) is 29.9 Å². The fraction of sp³-hybridized carbons (Fsp3) is 0.333. The highest BCUT2D eigenvalue weighted by atomic mass is 32.1. The van der Waals surface area contributed by atoms with Crippen LogP contribution in [0.15, 0.2) is 35.7 Å². The average molecular weight is 329 g/mol. The van der Waals surface area contributed by atoms with Crippen LogP contribution in [0.25, 0.3) is 6.08 Å². The monoisotopic (exact) mass is 329 g/mol. The number of rotatable bonds is 6. The SMILES string of the molecule is CC(C)c1ccc(/C=C/C(=O)Nc2nc(CN(C)C)cs2)cc1. The number of benzene rings is 1. The number of carbonyl (C=O) groups is 1. The second-order valence-electron chi connectivity index (χ2n) is 6.03. The molecule has 0 unspecified atom stereocenters. The van der Waals surface area contributed by atoms with Crippen molar-refractivity contribution in [2.24, 2.45) is 0 Å². The zero-order chi connectivity index (χ0) is 16.8. The Morgan fingerprint density at radius 2 is 2.00 bits per heavy atom. The molecular weight excluding hydrogens is 306 g/mol. The number of hydrogen-bond donors (Lipinski definition) is 1. The lowest BCUT2D eigenvalue weighted by molar-refractivity contribution is -0.111. The number of anilines is 1. The minimum absolute atomic E-state index is 0.163. The predicted octanol–water partition coefficient (Wildman–Crippen LogP) is 3.98. The van der Waals surface area contributed by atoms with Gasteiger partial charge in [-0.15, -0.1) is 11.3 Å². The fourth-order valence-corrected chi connectivity index (χ4v) is 2.78.